The fourth-order valence-corrected chi connectivity index (χ4v) is 2.71. The van der Waals surface area contributed by atoms with Gasteiger partial charge < -0.3 is 11.1 Å². The molecule has 8 heteroatoms. The molecule has 0 atom stereocenters. The van der Waals surface area contributed by atoms with E-state index in [1.54, 1.807) is 13.0 Å². The summed E-state index contributed by atoms with van der Waals surface area (Å²) in [5, 5.41) is 3.39. The Labute approximate surface area is 141 Å². The van der Waals surface area contributed by atoms with Crippen molar-refractivity contribution in [2.24, 2.45) is 0 Å². The lowest BCUT2D eigenvalue weighted by atomic mass is 10.1. The number of nitrogens with two attached hydrogens (primary N) is 1. The number of anilines is 2. The first-order chi connectivity index (χ1) is 9.79. The molecule has 0 saturated carbocycles. The highest BCUT2D eigenvalue weighted by Crippen LogP contribution is 2.30. The Morgan fingerprint density at radius 3 is 2.24 bits per heavy atom. The van der Waals surface area contributed by atoms with Crippen molar-refractivity contribution in [2.75, 3.05) is 11.1 Å². The number of halogens is 4. The lowest BCUT2D eigenvalue weighted by molar-refractivity contribution is 0.102. The van der Waals surface area contributed by atoms with Crippen LogP contribution in [-0.4, -0.2) is 10.9 Å². The number of carbonyl (C=O) groups is 1. The molecule has 0 spiro atoms. The highest BCUT2D eigenvalue weighted by molar-refractivity contribution is 6.39. The van der Waals surface area contributed by atoms with Gasteiger partial charge in [0, 0.05) is 5.56 Å². The van der Waals surface area contributed by atoms with Gasteiger partial charge in [-0.2, -0.15) is 0 Å². The van der Waals surface area contributed by atoms with Gasteiger partial charge in [-0.3, -0.25) is 4.79 Å². The Morgan fingerprint density at radius 2 is 1.71 bits per heavy atom. The summed E-state index contributed by atoms with van der Waals surface area (Å²) in [6.07, 6.45) is 0. The van der Waals surface area contributed by atoms with E-state index in [1.165, 1.54) is 12.1 Å². The highest BCUT2D eigenvalue weighted by atomic mass is 35.5. The first-order valence-corrected chi connectivity index (χ1v) is 7.19. The number of nitrogens with one attached hydrogen (secondary N) is 1. The summed E-state index contributed by atoms with van der Waals surface area (Å²) in [5.41, 5.74) is 7.15. The summed E-state index contributed by atoms with van der Waals surface area (Å²) in [7, 11) is 0. The summed E-state index contributed by atoms with van der Waals surface area (Å²) in [6, 6.07) is 4.43. The number of nitrogens with zero attached hydrogens (tertiary/aromatic N) is 1. The Morgan fingerprint density at radius 1 is 1.14 bits per heavy atom. The third kappa shape index (κ3) is 3.52. The Kier molecular flexibility index (Phi) is 4.84. The van der Waals surface area contributed by atoms with Gasteiger partial charge in [-0.25, -0.2) is 4.98 Å². The topological polar surface area (TPSA) is 68.0 Å². The van der Waals surface area contributed by atoms with Crippen molar-refractivity contribution in [2.45, 2.75) is 6.92 Å². The summed E-state index contributed by atoms with van der Waals surface area (Å²) < 4.78 is 0. The molecule has 1 aromatic carbocycles. The van der Waals surface area contributed by atoms with Crippen molar-refractivity contribution in [1.29, 1.82) is 0 Å². The number of pyridine rings is 1. The quantitative estimate of drug-likeness (QED) is 0.591. The molecule has 0 fully saturated rings. The minimum atomic E-state index is -0.437. The number of rotatable bonds is 2. The molecule has 0 unspecified atom stereocenters. The van der Waals surface area contributed by atoms with Crippen molar-refractivity contribution < 1.29 is 4.79 Å². The molecule has 2 rings (SSSR count). The molecular formula is C13H9Cl4N3O. The average molecular weight is 365 g/mol. The number of aromatic nitrogens is 1. The standard InChI is InChI=1S/C13H9Cl4N3O/c1-5-2-9(16)19-12(17)11(5)20-13(21)6-3-7(14)10(18)8(15)4-6/h2-4H,18H2,1H3,(H,20,21). The molecule has 1 aromatic heterocycles. The van der Waals surface area contributed by atoms with Crippen molar-refractivity contribution in [3.05, 3.63) is 49.7 Å². The van der Waals surface area contributed by atoms with Crippen LogP contribution in [0.5, 0.6) is 0 Å². The number of aryl methyl sites for hydroxylation is 1. The molecule has 0 aliphatic heterocycles. The maximum absolute atomic E-state index is 12.2. The lowest BCUT2D eigenvalue weighted by Gasteiger charge is -2.11. The van der Waals surface area contributed by atoms with Gasteiger partial charge in [-0.15, -0.1) is 0 Å². The van der Waals surface area contributed by atoms with E-state index in [4.69, 9.17) is 52.1 Å². The van der Waals surface area contributed by atoms with Crippen LogP contribution < -0.4 is 11.1 Å². The van der Waals surface area contributed by atoms with Gasteiger partial charge in [0.1, 0.15) is 5.15 Å². The third-order valence-electron chi connectivity index (χ3n) is 2.72. The second-order valence-electron chi connectivity index (χ2n) is 4.24. The van der Waals surface area contributed by atoms with E-state index in [-0.39, 0.29) is 31.6 Å². The Bertz CT molecular complexity index is 687. The first-order valence-electron chi connectivity index (χ1n) is 5.68. The van der Waals surface area contributed by atoms with E-state index < -0.39 is 5.91 Å². The van der Waals surface area contributed by atoms with Crippen LogP contribution in [0.15, 0.2) is 18.2 Å². The average Bonchev–Trinajstić information content (AvgIpc) is 2.39. The highest BCUT2D eigenvalue weighted by Gasteiger charge is 2.15. The second kappa shape index (κ2) is 6.28. The Balaban J connectivity index is 2.35. The normalized spacial score (nSPS) is 10.5. The number of hydrogen-bond donors (Lipinski definition) is 2. The van der Waals surface area contributed by atoms with Gasteiger partial charge in [0.25, 0.3) is 5.91 Å². The number of nitrogen functional groups attached to an aromatic ring is 1. The number of benzene rings is 1. The number of hydrogen-bond acceptors (Lipinski definition) is 3. The predicted octanol–water partition coefficient (Wildman–Crippen LogP) is 4.84. The molecule has 1 heterocycles. The molecule has 110 valence electrons. The van der Waals surface area contributed by atoms with Crippen LogP contribution in [0.3, 0.4) is 0 Å². The summed E-state index contributed by atoms with van der Waals surface area (Å²) >= 11 is 23.6. The van der Waals surface area contributed by atoms with Gasteiger partial charge >= 0.3 is 0 Å². The fraction of sp³-hybridized carbons (Fsp3) is 0.0769. The van der Waals surface area contributed by atoms with Crippen LogP contribution >= 0.6 is 46.4 Å². The van der Waals surface area contributed by atoms with Crippen LogP contribution in [0.2, 0.25) is 20.4 Å². The largest absolute Gasteiger partial charge is 0.396 e. The molecule has 3 N–H and O–H groups in total. The summed E-state index contributed by atoms with van der Waals surface area (Å²) in [6.45, 7) is 1.75. The second-order valence-corrected chi connectivity index (χ2v) is 5.80. The maximum Gasteiger partial charge on any atom is 0.255 e. The molecular weight excluding hydrogens is 356 g/mol. The molecule has 1 amide bonds. The number of amides is 1. The molecule has 2 aromatic rings. The molecule has 0 bridgehead atoms. The SMILES string of the molecule is Cc1cc(Cl)nc(Cl)c1NC(=O)c1cc(Cl)c(N)c(Cl)c1. The van der Waals surface area contributed by atoms with Crippen molar-refractivity contribution >= 4 is 63.7 Å². The van der Waals surface area contributed by atoms with Crippen LogP contribution in [-0.2, 0) is 0 Å². The smallest absolute Gasteiger partial charge is 0.255 e. The lowest BCUT2D eigenvalue weighted by Crippen LogP contribution is -2.14. The van der Waals surface area contributed by atoms with Crippen LogP contribution in [0, 0.1) is 6.92 Å². The molecule has 0 aliphatic rings. The Hall–Kier alpha value is -1.20. The zero-order valence-corrected chi connectivity index (χ0v) is 13.7. The molecule has 0 radical (unpaired) electrons. The molecule has 0 aliphatic carbocycles. The van der Waals surface area contributed by atoms with Gasteiger partial charge in [-0.1, -0.05) is 46.4 Å². The van der Waals surface area contributed by atoms with E-state index >= 15 is 0 Å². The van der Waals surface area contributed by atoms with Gasteiger partial charge in [0.15, 0.2) is 5.15 Å². The van der Waals surface area contributed by atoms with Crippen LogP contribution in [0.25, 0.3) is 0 Å². The number of carbonyl (C=O) groups excluding carboxylic acids is 1. The zero-order chi connectivity index (χ0) is 15.7. The van der Waals surface area contributed by atoms with E-state index in [1.807, 2.05) is 0 Å². The maximum atomic E-state index is 12.2. The van der Waals surface area contributed by atoms with E-state index in [0.717, 1.165) is 0 Å². The minimum Gasteiger partial charge on any atom is -0.396 e. The van der Waals surface area contributed by atoms with E-state index in [0.29, 0.717) is 11.3 Å². The molecule has 0 saturated heterocycles. The van der Waals surface area contributed by atoms with E-state index in [9.17, 15) is 4.79 Å². The first kappa shape index (κ1) is 16.2. The van der Waals surface area contributed by atoms with Crippen molar-refractivity contribution in [1.82, 2.24) is 4.98 Å². The van der Waals surface area contributed by atoms with Crippen LogP contribution in [0.4, 0.5) is 11.4 Å². The minimum absolute atomic E-state index is 0.0981. The van der Waals surface area contributed by atoms with E-state index in [2.05, 4.69) is 10.3 Å². The van der Waals surface area contributed by atoms with Gasteiger partial charge in [-0.05, 0) is 30.7 Å². The van der Waals surface area contributed by atoms with Crippen molar-refractivity contribution in [3.63, 3.8) is 0 Å². The molecule has 4 nitrogen and oxygen atoms in total. The van der Waals surface area contributed by atoms with Gasteiger partial charge in [0.2, 0.25) is 0 Å². The monoisotopic (exact) mass is 363 g/mol. The van der Waals surface area contributed by atoms with Gasteiger partial charge in [0.05, 0.1) is 21.4 Å². The summed E-state index contributed by atoms with van der Waals surface area (Å²) in [5.74, 6) is -0.437. The predicted molar refractivity (Wildman–Crippen MR) is 87.8 cm³/mol. The van der Waals surface area contributed by atoms with Crippen LogP contribution in [0.1, 0.15) is 15.9 Å². The molecule has 21 heavy (non-hydrogen) atoms. The zero-order valence-electron chi connectivity index (χ0n) is 10.7. The summed E-state index contributed by atoms with van der Waals surface area (Å²) in [4.78, 5) is 16.1. The third-order valence-corrected chi connectivity index (χ3v) is 3.81. The fourth-order valence-electron chi connectivity index (χ4n) is 1.65. The van der Waals surface area contributed by atoms with Crippen molar-refractivity contribution in [3.8, 4) is 0 Å².